The molecule has 3 N–H and O–H groups in total. The molecule has 2 amide bonds. The largest absolute Gasteiger partial charge is 0.497 e. The summed E-state index contributed by atoms with van der Waals surface area (Å²) in [6.07, 6.45) is 8.55. The molecule has 0 atom stereocenters. The number of hydrogen-bond acceptors (Lipinski definition) is 7. The molecule has 3 aromatic rings. The number of carbonyl (C=O) groups is 2. The minimum absolute atomic E-state index is 0.0650. The van der Waals surface area contributed by atoms with E-state index in [4.69, 9.17) is 14.2 Å². The van der Waals surface area contributed by atoms with Crippen LogP contribution in [0.5, 0.6) is 11.5 Å². The van der Waals surface area contributed by atoms with E-state index in [0.717, 1.165) is 44.1 Å². The Balaban J connectivity index is 1.30. The number of methoxy groups -OCH3 is 2. The third kappa shape index (κ3) is 5.69. The Morgan fingerprint density at radius 1 is 1.00 bits per heavy atom. The van der Waals surface area contributed by atoms with E-state index in [1.807, 2.05) is 12.1 Å². The van der Waals surface area contributed by atoms with Crippen molar-refractivity contribution in [2.24, 2.45) is 5.92 Å². The predicted molar refractivity (Wildman–Crippen MR) is 138 cm³/mol. The summed E-state index contributed by atoms with van der Waals surface area (Å²) >= 11 is 0. The molecule has 2 fully saturated rings. The summed E-state index contributed by atoms with van der Waals surface area (Å²) in [7, 11) is 3.22. The fourth-order valence-electron chi connectivity index (χ4n) is 4.81. The molecule has 2 aliphatic carbocycles. The van der Waals surface area contributed by atoms with Gasteiger partial charge in [-0.2, -0.15) is 0 Å². The SMILES string of the molecule is COCCOc1cc(OC)ccc1-c1ncnc2c(C(=O)NC3CCC(NC(=O)C4CC4)CC3)c[nH]c12. The Kier molecular flexibility index (Phi) is 7.55. The maximum absolute atomic E-state index is 13.2. The Morgan fingerprint density at radius 2 is 1.76 bits per heavy atom. The van der Waals surface area contributed by atoms with Crippen LogP contribution in [0.15, 0.2) is 30.7 Å². The summed E-state index contributed by atoms with van der Waals surface area (Å²) in [4.78, 5) is 37.4. The van der Waals surface area contributed by atoms with Crippen LogP contribution >= 0.6 is 0 Å². The number of aromatic amines is 1. The van der Waals surface area contributed by atoms with Crippen LogP contribution in [0.3, 0.4) is 0 Å². The van der Waals surface area contributed by atoms with E-state index in [0.29, 0.717) is 47.0 Å². The number of hydrogen-bond donors (Lipinski definition) is 3. The van der Waals surface area contributed by atoms with Crippen LogP contribution in [0.2, 0.25) is 0 Å². The van der Waals surface area contributed by atoms with Gasteiger partial charge in [0, 0.05) is 42.9 Å². The van der Waals surface area contributed by atoms with Gasteiger partial charge in [-0.1, -0.05) is 0 Å². The maximum Gasteiger partial charge on any atom is 0.255 e. The zero-order chi connectivity index (χ0) is 25.8. The average molecular weight is 508 g/mol. The van der Waals surface area contributed by atoms with Gasteiger partial charge in [0.25, 0.3) is 5.91 Å². The van der Waals surface area contributed by atoms with Crippen LogP contribution in [-0.4, -0.2) is 66.3 Å². The van der Waals surface area contributed by atoms with Crippen LogP contribution in [-0.2, 0) is 9.53 Å². The van der Waals surface area contributed by atoms with Gasteiger partial charge in [0.15, 0.2) is 0 Å². The van der Waals surface area contributed by atoms with Crippen molar-refractivity contribution in [3.63, 3.8) is 0 Å². The summed E-state index contributed by atoms with van der Waals surface area (Å²) in [5.74, 6) is 1.49. The second-order valence-corrected chi connectivity index (χ2v) is 9.66. The Bertz CT molecular complexity index is 1260. The number of aromatic nitrogens is 3. The lowest BCUT2D eigenvalue weighted by Gasteiger charge is -2.29. The van der Waals surface area contributed by atoms with E-state index >= 15 is 0 Å². The van der Waals surface area contributed by atoms with Gasteiger partial charge >= 0.3 is 0 Å². The Labute approximate surface area is 215 Å². The van der Waals surface area contributed by atoms with Gasteiger partial charge in [-0.25, -0.2) is 9.97 Å². The quantitative estimate of drug-likeness (QED) is 0.360. The maximum atomic E-state index is 13.2. The number of carbonyl (C=O) groups excluding carboxylic acids is 2. The molecule has 196 valence electrons. The zero-order valence-electron chi connectivity index (χ0n) is 21.2. The highest BCUT2D eigenvalue weighted by Gasteiger charge is 2.32. The molecule has 0 radical (unpaired) electrons. The summed E-state index contributed by atoms with van der Waals surface area (Å²) in [6.45, 7) is 0.813. The molecule has 0 spiro atoms. The first kappa shape index (κ1) is 25.0. The highest BCUT2D eigenvalue weighted by atomic mass is 16.5. The summed E-state index contributed by atoms with van der Waals surface area (Å²) in [5, 5.41) is 6.31. The highest BCUT2D eigenvalue weighted by molar-refractivity contribution is 6.08. The lowest BCUT2D eigenvalue weighted by Crippen LogP contribution is -2.44. The molecule has 37 heavy (non-hydrogen) atoms. The first-order valence-electron chi connectivity index (χ1n) is 12.8. The van der Waals surface area contributed by atoms with Gasteiger partial charge < -0.3 is 29.8 Å². The average Bonchev–Trinajstić information content (AvgIpc) is 3.68. The number of fused-ring (bicyclic) bond motifs is 1. The minimum atomic E-state index is -0.173. The zero-order valence-corrected chi connectivity index (χ0v) is 21.2. The molecular weight excluding hydrogens is 474 g/mol. The molecule has 2 heterocycles. The Morgan fingerprint density at radius 3 is 2.46 bits per heavy atom. The van der Waals surface area contributed by atoms with Crippen molar-refractivity contribution in [3.8, 4) is 22.8 Å². The van der Waals surface area contributed by atoms with E-state index < -0.39 is 0 Å². The van der Waals surface area contributed by atoms with Crippen LogP contribution < -0.4 is 20.1 Å². The third-order valence-corrected chi connectivity index (χ3v) is 7.05. The number of H-pyrrole nitrogens is 1. The van der Waals surface area contributed by atoms with E-state index in [9.17, 15) is 9.59 Å². The van der Waals surface area contributed by atoms with Crippen molar-refractivity contribution in [3.05, 3.63) is 36.3 Å². The molecule has 0 saturated heterocycles. The number of rotatable bonds is 10. The summed E-state index contributed by atoms with van der Waals surface area (Å²) in [6, 6.07) is 5.79. The molecule has 1 aromatic carbocycles. The van der Waals surface area contributed by atoms with Gasteiger partial charge in [0.05, 0.1) is 24.8 Å². The van der Waals surface area contributed by atoms with Gasteiger partial charge in [0.2, 0.25) is 5.91 Å². The van der Waals surface area contributed by atoms with Crippen molar-refractivity contribution in [2.45, 2.75) is 50.6 Å². The first-order chi connectivity index (χ1) is 18.1. The molecule has 10 nitrogen and oxygen atoms in total. The fourth-order valence-corrected chi connectivity index (χ4v) is 4.81. The van der Waals surface area contributed by atoms with Crippen LogP contribution in [0.1, 0.15) is 48.9 Å². The van der Waals surface area contributed by atoms with Gasteiger partial charge in [-0.15, -0.1) is 0 Å². The number of amides is 2. The molecule has 0 unspecified atom stereocenters. The normalized spacial score (nSPS) is 19.4. The Hall–Kier alpha value is -3.66. The lowest BCUT2D eigenvalue weighted by molar-refractivity contribution is -0.123. The molecule has 2 saturated carbocycles. The molecule has 0 aliphatic heterocycles. The lowest BCUT2D eigenvalue weighted by atomic mass is 9.91. The predicted octanol–water partition coefficient (Wildman–Crippen LogP) is 3.23. The number of nitrogens with one attached hydrogen (secondary N) is 3. The van der Waals surface area contributed by atoms with Crippen LogP contribution in [0.4, 0.5) is 0 Å². The van der Waals surface area contributed by atoms with E-state index in [-0.39, 0.29) is 29.8 Å². The standard InChI is InChI=1S/C27H33N5O5/c1-35-11-12-37-22-13-19(36-2)9-10-20(22)23-25-24(30-15-29-23)21(14-28-25)27(34)32-18-7-5-17(6-8-18)31-26(33)16-3-4-16/h9-10,13-18,28H,3-8,11-12H2,1-2H3,(H,31,33)(H,32,34). The second kappa shape index (κ2) is 11.2. The monoisotopic (exact) mass is 507 g/mol. The van der Waals surface area contributed by atoms with Crippen molar-refractivity contribution < 1.29 is 23.8 Å². The van der Waals surface area contributed by atoms with Crippen LogP contribution in [0, 0.1) is 5.92 Å². The first-order valence-corrected chi connectivity index (χ1v) is 12.8. The molecule has 0 bridgehead atoms. The third-order valence-electron chi connectivity index (χ3n) is 7.05. The second-order valence-electron chi connectivity index (χ2n) is 9.66. The van der Waals surface area contributed by atoms with Crippen molar-refractivity contribution in [1.82, 2.24) is 25.6 Å². The van der Waals surface area contributed by atoms with E-state index in [1.165, 1.54) is 6.33 Å². The fraction of sp³-hybridized carbons (Fsp3) is 0.481. The minimum Gasteiger partial charge on any atom is -0.497 e. The van der Waals surface area contributed by atoms with Crippen LogP contribution in [0.25, 0.3) is 22.3 Å². The summed E-state index contributed by atoms with van der Waals surface area (Å²) in [5.41, 5.74) is 3.06. The number of benzene rings is 1. The van der Waals surface area contributed by atoms with Crippen molar-refractivity contribution in [2.75, 3.05) is 27.4 Å². The molecule has 2 aliphatic rings. The smallest absolute Gasteiger partial charge is 0.255 e. The molecular formula is C27H33N5O5. The van der Waals surface area contributed by atoms with Gasteiger partial charge in [0.1, 0.15) is 35.6 Å². The summed E-state index contributed by atoms with van der Waals surface area (Å²) < 4.78 is 16.4. The van der Waals surface area contributed by atoms with Gasteiger partial charge in [-0.05, 0) is 50.7 Å². The van der Waals surface area contributed by atoms with E-state index in [1.54, 1.807) is 26.5 Å². The van der Waals surface area contributed by atoms with Crippen molar-refractivity contribution in [1.29, 1.82) is 0 Å². The number of nitrogens with zero attached hydrogens (tertiary/aromatic N) is 2. The number of ether oxygens (including phenoxy) is 3. The molecule has 5 rings (SSSR count). The topological polar surface area (TPSA) is 127 Å². The van der Waals surface area contributed by atoms with Gasteiger partial charge in [-0.3, -0.25) is 9.59 Å². The highest BCUT2D eigenvalue weighted by Crippen LogP contribution is 2.36. The molecule has 10 heteroatoms. The van der Waals surface area contributed by atoms with Crippen molar-refractivity contribution >= 4 is 22.8 Å². The molecule has 2 aromatic heterocycles. The van der Waals surface area contributed by atoms with E-state index in [2.05, 4.69) is 25.6 Å².